The molecule has 0 bridgehead atoms. The largest absolute Gasteiger partial charge is 0.495 e. The summed E-state index contributed by atoms with van der Waals surface area (Å²) < 4.78 is 21.8. The smallest absolute Gasteiger partial charge is 0.337 e. The molecule has 0 spiro atoms. The summed E-state index contributed by atoms with van der Waals surface area (Å²) in [6.45, 7) is 1.81. The molecule has 0 aliphatic carbocycles. The Balaban J connectivity index is 1.57. The molecule has 0 aromatic heterocycles. The van der Waals surface area contributed by atoms with Crippen LogP contribution in [0.15, 0.2) is 48.5 Å². The Morgan fingerprint density at radius 3 is 2.74 bits per heavy atom. The van der Waals surface area contributed by atoms with Crippen molar-refractivity contribution in [2.45, 2.75) is 18.9 Å². The summed E-state index contributed by atoms with van der Waals surface area (Å²) in [5.41, 5.74) is 1.26. The van der Waals surface area contributed by atoms with Gasteiger partial charge in [0.1, 0.15) is 17.6 Å². The standard InChI is InChI=1S/C20H24N2O4S/c1-24-19-13-15(20(23)25-2)10-11-18(19)21-27-22-12-6-9-17(14-22)26-16-7-4-3-5-8-16/h3-5,7-8,10-11,13,17,21H,6,9,12,14H2,1-2H3. The average molecular weight is 388 g/mol. The number of hydrogen-bond acceptors (Lipinski definition) is 7. The van der Waals surface area contributed by atoms with E-state index in [4.69, 9.17) is 14.2 Å². The van der Waals surface area contributed by atoms with E-state index >= 15 is 0 Å². The predicted molar refractivity (Wildman–Crippen MR) is 107 cm³/mol. The monoisotopic (exact) mass is 388 g/mol. The van der Waals surface area contributed by atoms with Crippen LogP contribution in [0.2, 0.25) is 0 Å². The molecule has 1 heterocycles. The van der Waals surface area contributed by atoms with Gasteiger partial charge in [-0.15, -0.1) is 0 Å². The number of ether oxygens (including phenoxy) is 3. The highest BCUT2D eigenvalue weighted by Gasteiger charge is 2.22. The fourth-order valence-electron chi connectivity index (χ4n) is 2.91. The Labute approximate surface area is 164 Å². The first kappa shape index (κ1) is 19.4. The molecule has 0 radical (unpaired) electrons. The highest BCUT2D eigenvalue weighted by Crippen LogP contribution is 2.30. The maximum Gasteiger partial charge on any atom is 0.337 e. The van der Waals surface area contributed by atoms with Gasteiger partial charge in [0, 0.05) is 25.2 Å². The molecule has 1 aliphatic heterocycles. The molecule has 1 atom stereocenters. The predicted octanol–water partition coefficient (Wildman–Crippen LogP) is 4.00. The first-order valence-corrected chi connectivity index (χ1v) is 9.63. The summed E-state index contributed by atoms with van der Waals surface area (Å²) in [4.78, 5) is 11.7. The number of para-hydroxylation sites is 1. The minimum atomic E-state index is -0.385. The lowest BCUT2D eigenvalue weighted by molar-refractivity contribution is 0.0600. The number of piperidine rings is 1. The first-order valence-electron chi connectivity index (χ1n) is 8.85. The fourth-order valence-corrected chi connectivity index (χ4v) is 3.77. The summed E-state index contributed by atoms with van der Waals surface area (Å²) >= 11 is 1.52. The van der Waals surface area contributed by atoms with Crippen molar-refractivity contribution in [2.24, 2.45) is 0 Å². The van der Waals surface area contributed by atoms with E-state index in [0.29, 0.717) is 11.3 Å². The van der Waals surface area contributed by atoms with Crippen LogP contribution in [-0.4, -0.2) is 43.7 Å². The normalized spacial score (nSPS) is 17.2. The number of carbonyl (C=O) groups excluding carboxylic acids is 1. The highest BCUT2D eigenvalue weighted by molar-refractivity contribution is 7.98. The van der Waals surface area contributed by atoms with E-state index in [0.717, 1.165) is 37.4 Å². The van der Waals surface area contributed by atoms with E-state index in [1.807, 2.05) is 36.4 Å². The lowest BCUT2D eigenvalue weighted by Crippen LogP contribution is -2.37. The molecule has 7 heteroatoms. The quantitative estimate of drug-likeness (QED) is 0.568. The van der Waals surface area contributed by atoms with Crippen LogP contribution in [-0.2, 0) is 4.74 Å². The third-order valence-electron chi connectivity index (χ3n) is 4.29. The Kier molecular flexibility index (Phi) is 6.84. The van der Waals surface area contributed by atoms with Gasteiger partial charge in [0.15, 0.2) is 0 Å². The zero-order valence-electron chi connectivity index (χ0n) is 15.5. The van der Waals surface area contributed by atoms with Gasteiger partial charge < -0.3 is 18.9 Å². The molecular formula is C20H24N2O4S. The van der Waals surface area contributed by atoms with Crippen molar-refractivity contribution in [3.8, 4) is 11.5 Å². The molecule has 6 nitrogen and oxygen atoms in total. The minimum Gasteiger partial charge on any atom is -0.495 e. The number of hydrogen-bond donors (Lipinski definition) is 1. The van der Waals surface area contributed by atoms with Crippen LogP contribution < -0.4 is 14.2 Å². The van der Waals surface area contributed by atoms with Gasteiger partial charge in [-0.1, -0.05) is 18.2 Å². The Bertz CT molecular complexity index is 757. The van der Waals surface area contributed by atoms with Gasteiger partial charge in [0.2, 0.25) is 0 Å². The number of nitrogens with one attached hydrogen (secondary N) is 1. The van der Waals surface area contributed by atoms with Gasteiger partial charge in [-0.2, -0.15) is 0 Å². The number of nitrogens with zero attached hydrogens (tertiary/aromatic N) is 1. The van der Waals surface area contributed by atoms with E-state index in [9.17, 15) is 4.79 Å². The second-order valence-corrected chi connectivity index (χ2v) is 7.09. The Hall–Kier alpha value is -2.38. The van der Waals surface area contributed by atoms with Crippen LogP contribution >= 0.6 is 12.1 Å². The second kappa shape index (κ2) is 9.53. The third kappa shape index (κ3) is 5.30. The summed E-state index contributed by atoms with van der Waals surface area (Å²) in [6, 6.07) is 15.1. The van der Waals surface area contributed by atoms with Crippen LogP contribution in [0.4, 0.5) is 5.69 Å². The van der Waals surface area contributed by atoms with Crippen molar-refractivity contribution in [2.75, 3.05) is 32.0 Å². The summed E-state index contributed by atoms with van der Waals surface area (Å²) in [5.74, 6) is 1.12. The lowest BCUT2D eigenvalue weighted by Gasteiger charge is -2.31. The average Bonchev–Trinajstić information content (AvgIpc) is 2.72. The van der Waals surface area contributed by atoms with E-state index in [1.54, 1.807) is 19.2 Å². The molecule has 3 rings (SSSR count). The zero-order chi connectivity index (χ0) is 19.1. The molecule has 27 heavy (non-hydrogen) atoms. The van der Waals surface area contributed by atoms with Gasteiger partial charge >= 0.3 is 5.97 Å². The molecule has 144 valence electrons. The molecule has 2 aromatic rings. The molecule has 1 saturated heterocycles. The summed E-state index contributed by atoms with van der Waals surface area (Å²) in [7, 11) is 2.94. The van der Waals surface area contributed by atoms with Crippen molar-refractivity contribution in [1.29, 1.82) is 0 Å². The van der Waals surface area contributed by atoms with Crippen LogP contribution in [0.5, 0.6) is 11.5 Å². The van der Waals surface area contributed by atoms with E-state index < -0.39 is 0 Å². The molecule has 1 N–H and O–H groups in total. The number of rotatable bonds is 7. The molecule has 0 amide bonds. The summed E-state index contributed by atoms with van der Waals surface area (Å²) in [5, 5.41) is 0. The number of methoxy groups -OCH3 is 2. The molecule has 2 aromatic carbocycles. The lowest BCUT2D eigenvalue weighted by atomic mass is 10.1. The maximum atomic E-state index is 11.7. The first-order chi connectivity index (χ1) is 13.2. The molecular weight excluding hydrogens is 364 g/mol. The maximum absolute atomic E-state index is 11.7. The molecule has 1 aliphatic rings. The van der Waals surface area contributed by atoms with E-state index in [2.05, 4.69) is 9.03 Å². The van der Waals surface area contributed by atoms with Gasteiger partial charge in [0.05, 0.1) is 25.5 Å². The molecule has 0 saturated carbocycles. The van der Waals surface area contributed by atoms with Gasteiger partial charge in [-0.05, 0) is 43.2 Å². The molecule has 1 unspecified atom stereocenters. The van der Waals surface area contributed by atoms with Crippen LogP contribution in [0.1, 0.15) is 23.2 Å². The van der Waals surface area contributed by atoms with Crippen LogP contribution in [0.25, 0.3) is 0 Å². The van der Waals surface area contributed by atoms with Crippen molar-refractivity contribution in [1.82, 2.24) is 4.31 Å². The topological polar surface area (TPSA) is 60.0 Å². The van der Waals surface area contributed by atoms with E-state index in [1.165, 1.54) is 19.2 Å². The van der Waals surface area contributed by atoms with Crippen molar-refractivity contribution < 1.29 is 19.0 Å². The van der Waals surface area contributed by atoms with E-state index in [-0.39, 0.29) is 12.1 Å². The van der Waals surface area contributed by atoms with Crippen molar-refractivity contribution in [3.05, 3.63) is 54.1 Å². The SMILES string of the molecule is COC(=O)c1ccc(NSN2CCCC(Oc3ccccc3)C2)c(OC)c1. The molecule has 1 fully saturated rings. The fraction of sp³-hybridized carbons (Fsp3) is 0.350. The third-order valence-corrected chi connectivity index (χ3v) is 5.20. The Morgan fingerprint density at radius 2 is 2.00 bits per heavy atom. The van der Waals surface area contributed by atoms with Gasteiger partial charge in [0.25, 0.3) is 0 Å². The van der Waals surface area contributed by atoms with Crippen LogP contribution in [0, 0.1) is 0 Å². The zero-order valence-corrected chi connectivity index (χ0v) is 16.3. The number of carbonyl (C=O) groups is 1. The number of anilines is 1. The minimum absolute atomic E-state index is 0.166. The number of benzene rings is 2. The van der Waals surface area contributed by atoms with Crippen molar-refractivity contribution >= 4 is 23.8 Å². The summed E-state index contributed by atoms with van der Waals surface area (Å²) in [6.07, 6.45) is 2.28. The van der Waals surface area contributed by atoms with Crippen LogP contribution in [0.3, 0.4) is 0 Å². The highest BCUT2D eigenvalue weighted by atomic mass is 32.2. The number of esters is 1. The van der Waals surface area contributed by atoms with Crippen molar-refractivity contribution in [3.63, 3.8) is 0 Å². The second-order valence-electron chi connectivity index (χ2n) is 6.18. The van der Waals surface area contributed by atoms with Gasteiger partial charge in [-0.3, -0.25) is 0 Å². The van der Waals surface area contributed by atoms with Gasteiger partial charge in [-0.25, -0.2) is 9.10 Å². The Morgan fingerprint density at radius 1 is 1.19 bits per heavy atom.